The van der Waals surface area contributed by atoms with Crippen LogP contribution >= 0.6 is 11.3 Å². The van der Waals surface area contributed by atoms with Crippen LogP contribution in [0.5, 0.6) is 11.5 Å². The third-order valence-electron chi connectivity index (χ3n) is 7.70. The molecule has 4 heterocycles. The van der Waals surface area contributed by atoms with Crippen molar-refractivity contribution in [2.45, 2.75) is 27.0 Å². The molecule has 9 heteroatoms. The molecule has 0 amide bonds. The average Bonchev–Trinajstić information content (AvgIpc) is 3.70. The molecule has 0 aliphatic carbocycles. The minimum absolute atomic E-state index is 0.370. The Morgan fingerprint density at radius 1 is 0.952 bits per heavy atom. The lowest BCUT2D eigenvalue weighted by Gasteiger charge is -2.26. The lowest BCUT2D eigenvalue weighted by molar-refractivity contribution is 0.0342. The standard InChI is InChI=1S/C33H32N4O4S/c1-21-4-7-25(24-8-5-23(6-9-24)18-36-10-12-39-13-11-36)15-30(21)40-20-26-14-27(38-3)16-31-28(26)17-32(41-31)29-19-37-33(34-29)42-22(2)35-37/h4-9,14-17,19H,10-13,18,20H2,1-3H3. The zero-order chi connectivity index (χ0) is 28.6. The van der Waals surface area contributed by atoms with E-state index in [0.29, 0.717) is 18.1 Å². The second-order valence-corrected chi connectivity index (χ2v) is 11.8. The van der Waals surface area contributed by atoms with Gasteiger partial charge in [0.05, 0.1) is 26.5 Å². The number of hydrogen-bond donors (Lipinski definition) is 0. The summed E-state index contributed by atoms with van der Waals surface area (Å²) in [5.41, 5.74) is 7.13. The third-order valence-corrected chi connectivity index (χ3v) is 8.54. The van der Waals surface area contributed by atoms with Crippen LogP contribution in [0.4, 0.5) is 0 Å². The van der Waals surface area contributed by atoms with E-state index in [2.05, 4.69) is 59.4 Å². The Bertz CT molecular complexity index is 1830. The van der Waals surface area contributed by atoms with Crippen molar-refractivity contribution in [3.05, 3.63) is 88.6 Å². The molecule has 7 rings (SSSR count). The van der Waals surface area contributed by atoms with E-state index in [4.69, 9.17) is 23.6 Å². The highest BCUT2D eigenvalue weighted by atomic mass is 32.1. The predicted octanol–water partition coefficient (Wildman–Crippen LogP) is 6.91. The molecule has 8 nitrogen and oxygen atoms in total. The Balaban J connectivity index is 1.12. The second kappa shape index (κ2) is 11.2. The number of fused-ring (bicyclic) bond motifs is 2. The summed E-state index contributed by atoms with van der Waals surface area (Å²) < 4.78 is 25.5. The number of ether oxygens (including phenoxy) is 3. The molecule has 1 saturated heterocycles. The average molecular weight is 581 g/mol. The van der Waals surface area contributed by atoms with Crippen LogP contribution in [0, 0.1) is 13.8 Å². The lowest BCUT2D eigenvalue weighted by Crippen LogP contribution is -2.35. The molecule has 0 N–H and O–H groups in total. The molecule has 1 aliphatic heterocycles. The molecule has 0 unspecified atom stereocenters. The number of aromatic nitrogens is 3. The number of furan rings is 1. The van der Waals surface area contributed by atoms with Crippen LogP contribution in [0.3, 0.4) is 0 Å². The van der Waals surface area contributed by atoms with Gasteiger partial charge in [0.25, 0.3) is 0 Å². The van der Waals surface area contributed by atoms with Gasteiger partial charge in [-0.2, -0.15) is 5.10 Å². The normalized spacial score (nSPS) is 14.2. The summed E-state index contributed by atoms with van der Waals surface area (Å²) in [6, 6.07) is 21.1. The lowest BCUT2D eigenvalue weighted by atomic mass is 10.0. The fourth-order valence-corrected chi connectivity index (χ4v) is 6.10. The molecular weight excluding hydrogens is 548 g/mol. The molecule has 214 valence electrons. The van der Waals surface area contributed by atoms with Crippen molar-refractivity contribution in [1.82, 2.24) is 19.5 Å². The van der Waals surface area contributed by atoms with Crippen molar-refractivity contribution in [3.8, 4) is 34.1 Å². The van der Waals surface area contributed by atoms with Gasteiger partial charge in [-0.05, 0) is 54.3 Å². The summed E-state index contributed by atoms with van der Waals surface area (Å²) in [7, 11) is 1.66. The summed E-state index contributed by atoms with van der Waals surface area (Å²) >= 11 is 1.55. The van der Waals surface area contributed by atoms with E-state index in [0.717, 1.165) is 81.9 Å². The van der Waals surface area contributed by atoms with Crippen molar-refractivity contribution >= 4 is 27.3 Å². The second-order valence-electron chi connectivity index (χ2n) is 10.6. The maximum atomic E-state index is 6.44. The van der Waals surface area contributed by atoms with Crippen LogP contribution in [-0.2, 0) is 17.9 Å². The van der Waals surface area contributed by atoms with Crippen molar-refractivity contribution in [2.24, 2.45) is 0 Å². The fraction of sp³-hybridized carbons (Fsp3) is 0.273. The first kappa shape index (κ1) is 26.7. The van der Waals surface area contributed by atoms with Gasteiger partial charge in [-0.25, -0.2) is 9.50 Å². The van der Waals surface area contributed by atoms with Gasteiger partial charge < -0.3 is 18.6 Å². The molecule has 1 aliphatic rings. The maximum absolute atomic E-state index is 6.44. The van der Waals surface area contributed by atoms with Gasteiger partial charge >= 0.3 is 0 Å². The van der Waals surface area contributed by atoms with Crippen LogP contribution in [-0.4, -0.2) is 52.9 Å². The number of imidazole rings is 1. The number of hydrogen-bond acceptors (Lipinski definition) is 8. The quantitative estimate of drug-likeness (QED) is 0.194. The van der Waals surface area contributed by atoms with Gasteiger partial charge in [0.15, 0.2) is 5.76 Å². The molecule has 6 aromatic rings. The number of morpholine rings is 1. The maximum Gasteiger partial charge on any atom is 0.212 e. The van der Waals surface area contributed by atoms with E-state index in [1.54, 1.807) is 23.0 Å². The van der Waals surface area contributed by atoms with E-state index in [9.17, 15) is 0 Å². The van der Waals surface area contributed by atoms with Crippen molar-refractivity contribution in [1.29, 1.82) is 0 Å². The molecule has 42 heavy (non-hydrogen) atoms. The largest absolute Gasteiger partial charge is 0.497 e. The number of rotatable bonds is 8. The van der Waals surface area contributed by atoms with Gasteiger partial charge in [0, 0.05) is 36.7 Å². The third kappa shape index (κ3) is 5.38. The summed E-state index contributed by atoms with van der Waals surface area (Å²) in [4.78, 5) is 7.98. The van der Waals surface area contributed by atoms with E-state index >= 15 is 0 Å². The molecule has 0 atom stereocenters. The van der Waals surface area contributed by atoms with Gasteiger partial charge in [-0.15, -0.1) is 0 Å². The molecule has 0 bridgehead atoms. The minimum Gasteiger partial charge on any atom is -0.497 e. The molecule has 0 saturated carbocycles. The predicted molar refractivity (Wildman–Crippen MR) is 164 cm³/mol. The van der Waals surface area contributed by atoms with Crippen molar-refractivity contribution < 1.29 is 18.6 Å². The Morgan fingerprint density at radius 2 is 1.76 bits per heavy atom. The van der Waals surface area contributed by atoms with Gasteiger partial charge in [-0.1, -0.05) is 47.7 Å². The zero-order valence-electron chi connectivity index (χ0n) is 23.9. The number of benzene rings is 3. The van der Waals surface area contributed by atoms with E-state index in [-0.39, 0.29) is 0 Å². The van der Waals surface area contributed by atoms with Crippen LogP contribution in [0.25, 0.3) is 38.5 Å². The zero-order valence-corrected chi connectivity index (χ0v) is 24.7. The molecule has 3 aromatic heterocycles. The van der Waals surface area contributed by atoms with Crippen LogP contribution in [0.2, 0.25) is 0 Å². The Morgan fingerprint density at radius 3 is 2.55 bits per heavy atom. The summed E-state index contributed by atoms with van der Waals surface area (Å²) in [5.74, 6) is 2.25. The molecule has 3 aromatic carbocycles. The molecule has 1 fully saturated rings. The Labute approximate surface area is 248 Å². The molecule has 0 radical (unpaired) electrons. The summed E-state index contributed by atoms with van der Waals surface area (Å²) in [6.45, 7) is 8.96. The molecular formula is C33H32N4O4S. The van der Waals surface area contributed by atoms with Crippen LogP contribution < -0.4 is 9.47 Å². The van der Waals surface area contributed by atoms with E-state index in [1.807, 2.05) is 31.3 Å². The minimum atomic E-state index is 0.370. The first-order valence-electron chi connectivity index (χ1n) is 14.1. The highest BCUT2D eigenvalue weighted by Gasteiger charge is 2.17. The van der Waals surface area contributed by atoms with Crippen molar-refractivity contribution in [2.75, 3.05) is 33.4 Å². The van der Waals surface area contributed by atoms with Crippen LogP contribution in [0.1, 0.15) is 21.7 Å². The first-order valence-corrected chi connectivity index (χ1v) is 14.9. The Kier molecular flexibility index (Phi) is 7.15. The molecule has 0 spiro atoms. The summed E-state index contributed by atoms with van der Waals surface area (Å²) in [6.07, 6.45) is 1.90. The highest BCUT2D eigenvalue weighted by molar-refractivity contribution is 7.16. The topological polar surface area (TPSA) is 74.3 Å². The fourth-order valence-electron chi connectivity index (χ4n) is 5.38. The smallest absolute Gasteiger partial charge is 0.212 e. The number of methoxy groups -OCH3 is 1. The van der Waals surface area contributed by atoms with Crippen molar-refractivity contribution in [3.63, 3.8) is 0 Å². The van der Waals surface area contributed by atoms with Gasteiger partial charge in [0.1, 0.15) is 34.4 Å². The monoisotopic (exact) mass is 580 g/mol. The van der Waals surface area contributed by atoms with Gasteiger partial charge in [-0.3, -0.25) is 4.90 Å². The van der Waals surface area contributed by atoms with Gasteiger partial charge in [0.2, 0.25) is 4.96 Å². The number of aryl methyl sites for hydroxylation is 2. The van der Waals surface area contributed by atoms with Crippen LogP contribution in [0.15, 0.2) is 71.3 Å². The van der Waals surface area contributed by atoms with E-state index < -0.39 is 0 Å². The van der Waals surface area contributed by atoms with E-state index in [1.165, 1.54) is 11.1 Å². The first-order chi connectivity index (χ1) is 20.5. The summed E-state index contributed by atoms with van der Waals surface area (Å²) in [5, 5.41) is 6.41. The highest BCUT2D eigenvalue weighted by Crippen LogP contribution is 2.35. The Hall–Kier alpha value is -4.18. The SMILES string of the molecule is COc1cc(COc2cc(-c3ccc(CN4CCOCC4)cc3)ccc2C)c2cc(-c3cn4nc(C)sc4n3)oc2c1. The number of nitrogens with zero attached hydrogens (tertiary/aromatic N) is 4.